The van der Waals surface area contributed by atoms with E-state index in [1.165, 1.54) is 6.07 Å². The van der Waals surface area contributed by atoms with Crippen molar-refractivity contribution in [2.24, 2.45) is 0 Å². The second-order valence-electron chi connectivity index (χ2n) is 4.14. The smallest absolute Gasteiger partial charge is 0.126 e. The third-order valence-electron chi connectivity index (χ3n) is 2.75. The summed E-state index contributed by atoms with van der Waals surface area (Å²) in [7, 11) is 0. The van der Waals surface area contributed by atoms with Gasteiger partial charge < -0.3 is 5.11 Å². The maximum Gasteiger partial charge on any atom is 0.126 e. The summed E-state index contributed by atoms with van der Waals surface area (Å²) in [5.41, 5.74) is 2.68. The molecule has 0 amide bonds. The van der Waals surface area contributed by atoms with Crippen LogP contribution in [-0.2, 0) is 0 Å². The van der Waals surface area contributed by atoms with E-state index in [1.807, 2.05) is 6.92 Å². The SMILES string of the molecule is Cc1cc(C(O)c2ccc(C)c(F)c2)ccn1. The van der Waals surface area contributed by atoms with E-state index in [0.717, 1.165) is 11.3 Å². The van der Waals surface area contributed by atoms with E-state index in [9.17, 15) is 9.50 Å². The number of aromatic nitrogens is 1. The maximum absolute atomic E-state index is 13.4. The van der Waals surface area contributed by atoms with Crippen LogP contribution < -0.4 is 0 Å². The molecule has 1 N–H and O–H groups in total. The van der Waals surface area contributed by atoms with E-state index < -0.39 is 6.10 Å². The molecule has 1 aromatic carbocycles. The van der Waals surface area contributed by atoms with Crippen LogP contribution in [0, 0.1) is 19.7 Å². The number of aryl methyl sites for hydroxylation is 2. The Hall–Kier alpha value is -1.74. The molecule has 2 rings (SSSR count). The number of hydrogen-bond donors (Lipinski definition) is 1. The van der Waals surface area contributed by atoms with Crippen LogP contribution in [0.5, 0.6) is 0 Å². The summed E-state index contributed by atoms with van der Waals surface area (Å²) in [6.07, 6.45) is 0.824. The van der Waals surface area contributed by atoms with Crippen molar-refractivity contribution in [1.82, 2.24) is 4.98 Å². The molecule has 0 saturated carbocycles. The third kappa shape index (κ3) is 2.50. The van der Waals surface area contributed by atoms with Gasteiger partial charge in [0, 0.05) is 11.9 Å². The van der Waals surface area contributed by atoms with Crippen molar-refractivity contribution < 1.29 is 9.50 Å². The molecule has 0 radical (unpaired) electrons. The molecule has 1 unspecified atom stereocenters. The Kier molecular flexibility index (Phi) is 3.20. The molecule has 0 aliphatic heterocycles. The van der Waals surface area contributed by atoms with Crippen LogP contribution in [0.25, 0.3) is 0 Å². The van der Waals surface area contributed by atoms with Crippen molar-refractivity contribution in [3.8, 4) is 0 Å². The molecule has 1 atom stereocenters. The predicted octanol–water partition coefficient (Wildman–Crippen LogP) is 2.92. The van der Waals surface area contributed by atoms with Gasteiger partial charge in [0.1, 0.15) is 11.9 Å². The van der Waals surface area contributed by atoms with Gasteiger partial charge in [-0.15, -0.1) is 0 Å². The molecule has 17 heavy (non-hydrogen) atoms. The second kappa shape index (κ2) is 4.63. The van der Waals surface area contributed by atoms with Crippen LogP contribution in [-0.4, -0.2) is 10.1 Å². The van der Waals surface area contributed by atoms with Crippen LogP contribution >= 0.6 is 0 Å². The Labute approximate surface area is 99.8 Å². The zero-order chi connectivity index (χ0) is 12.4. The summed E-state index contributed by atoms with van der Waals surface area (Å²) in [4.78, 5) is 4.06. The molecule has 1 aromatic heterocycles. The summed E-state index contributed by atoms with van der Waals surface area (Å²) in [5, 5.41) is 10.1. The minimum absolute atomic E-state index is 0.299. The van der Waals surface area contributed by atoms with Gasteiger partial charge in [-0.25, -0.2) is 4.39 Å². The fourth-order valence-corrected chi connectivity index (χ4v) is 1.71. The first kappa shape index (κ1) is 11.7. The number of halogens is 1. The number of aliphatic hydroxyl groups excluding tert-OH is 1. The van der Waals surface area contributed by atoms with Crippen molar-refractivity contribution in [3.05, 3.63) is 64.7 Å². The van der Waals surface area contributed by atoms with Crippen molar-refractivity contribution in [2.45, 2.75) is 20.0 Å². The van der Waals surface area contributed by atoms with E-state index in [4.69, 9.17) is 0 Å². The number of pyridine rings is 1. The molecule has 0 saturated heterocycles. The maximum atomic E-state index is 13.4. The Morgan fingerprint density at radius 2 is 1.82 bits per heavy atom. The number of rotatable bonds is 2. The summed E-state index contributed by atoms with van der Waals surface area (Å²) in [5.74, 6) is -0.299. The van der Waals surface area contributed by atoms with E-state index in [-0.39, 0.29) is 5.82 Å². The highest BCUT2D eigenvalue weighted by Gasteiger charge is 2.12. The molecule has 0 aliphatic rings. The van der Waals surface area contributed by atoms with Crippen LogP contribution in [0.3, 0.4) is 0 Å². The van der Waals surface area contributed by atoms with Gasteiger partial charge in [0.2, 0.25) is 0 Å². The first-order chi connectivity index (χ1) is 8.08. The summed E-state index contributed by atoms with van der Waals surface area (Å²) < 4.78 is 13.4. The molecule has 88 valence electrons. The number of hydrogen-bond acceptors (Lipinski definition) is 2. The highest BCUT2D eigenvalue weighted by molar-refractivity contribution is 5.32. The third-order valence-corrected chi connectivity index (χ3v) is 2.75. The minimum Gasteiger partial charge on any atom is -0.384 e. The molecule has 3 heteroatoms. The molecule has 1 heterocycles. The largest absolute Gasteiger partial charge is 0.384 e. The highest BCUT2D eigenvalue weighted by Crippen LogP contribution is 2.23. The van der Waals surface area contributed by atoms with E-state index in [2.05, 4.69) is 4.98 Å². The monoisotopic (exact) mass is 231 g/mol. The zero-order valence-electron chi connectivity index (χ0n) is 9.81. The van der Waals surface area contributed by atoms with Crippen LogP contribution in [0.4, 0.5) is 4.39 Å². The Morgan fingerprint density at radius 3 is 2.47 bits per heavy atom. The lowest BCUT2D eigenvalue weighted by molar-refractivity contribution is 0.219. The molecule has 0 bridgehead atoms. The summed E-state index contributed by atoms with van der Waals surface area (Å²) in [6.45, 7) is 3.55. The van der Waals surface area contributed by atoms with Crippen LogP contribution in [0.2, 0.25) is 0 Å². The molecule has 2 aromatic rings. The Balaban J connectivity index is 2.36. The minimum atomic E-state index is -0.813. The molecule has 0 aliphatic carbocycles. The van der Waals surface area contributed by atoms with E-state index in [0.29, 0.717) is 11.1 Å². The normalized spacial score (nSPS) is 12.5. The Morgan fingerprint density at radius 1 is 1.12 bits per heavy atom. The van der Waals surface area contributed by atoms with Crippen molar-refractivity contribution in [2.75, 3.05) is 0 Å². The average molecular weight is 231 g/mol. The molecular formula is C14H14FNO. The molecule has 0 fully saturated rings. The van der Waals surface area contributed by atoms with E-state index in [1.54, 1.807) is 37.4 Å². The van der Waals surface area contributed by atoms with Crippen molar-refractivity contribution in [1.29, 1.82) is 0 Å². The second-order valence-corrected chi connectivity index (χ2v) is 4.14. The van der Waals surface area contributed by atoms with Gasteiger partial charge in [-0.05, 0) is 48.7 Å². The molecule has 0 spiro atoms. The number of aliphatic hydroxyl groups is 1. The van der Waals surface area contributed by atoms with Crippen LogP contribution in [0.15, 0.2) is 36.5 Å². The fourth-order valence-electron chi connectivity index (χ4n) is 1.71. The standard InChI is InChI=1S/C14H14FNO/c1-9-3-4-11(8-13(9)15)14(17)12-5-6-16-10(2)7-12/h3-8,14,17H,1-2H3. The van der Waals surface area contributed by atoms with Gasteiger partial charge in [0.15, 0.2) is 0 Å². The summed E-state index contributed by atoms with van der Waals surface area (Å²) >= 11 is 0. The summed E-state index contributed by atoms with van der Waals surface area (Å²) in [6, 6.07) is 8.30. The zero-order valence-corrected chi connectivity index (χ0v) is 9.81. The first-order valence-electron chi connectivity index (χ1n) is 5.44. The van der Waals surface area contributed by atoms with Gasteiger partial charge in [0.05, 0.1) is 0 Å². The molecule has 2 nitrogen and oxygen atoms in total. The number of nitrogens with zero attached hydrogens (tertiary/aromatic N) is 1. The van der Waals surface area contributed by atoms with Gasteiger partial charge >= 0.3 is 0 Å². The number of benzene rings is 1. The van der Waals surface area contributed by atoms with Crippen molar-refractivity contribution in [3.63, 3.8) is 0 Å². The lowest BCUT2D eigenvalue weighted by Gasteiger charge is -2.12. The quantitative estimate of drug-likeness (QED) is 0.862. The average Bonchev–Trinajstić information content (AvgIpc) is 2.32. The lowest BCUT2D eigenvalue weighted by Crippen LogP contribution is -2.01. The Bertz CT molecular complexity index is 539. The topological polar surface area (TPSA) is 33.1 Å². The van der Waals surface area contributed by atoms with Crippen molar-refractivity contribution >= 4 is 0 Å². The first-order valence-corrected chi connectivity index (χ1v) is 5.44. The van der Waals surface area contributed by atoms with Gasteiger partial charge in [-0.3, -0.25) is 4.98 Å². The fraction of sp³-hybridized carbons (Fsp3) is 0.214. The van der Waals surface area contributed by atoms with Crippen LogP contribution in [0.1, 0.15) is 28.5 Å². The predicted molar refractivity (Wildman–Crippen MR) is 64.2 cm³/mol. The van der Waals surface area contributed by atoms with E-state index >= 15 is 0 Å². The highest BCUT2D eigenvalue weighted by atomic mass is 19.1. The molecular weight excluding hydrogens is 217 g/mol. The van der Waals surface area contributed by atoms with Gasteiger partial charge in [0.25, 0.3) is 0 Å². The lowest BCUT2D eigenvalue weighted by atomic mass is 10.0. The van der Waals surface area contributed by atoms with Gasteiger partial charge in [-0.2, -0.15) is 0 Å². The van der Waals surface area contributed by atoms with Gasteiger partial charge in [-0.1, -0.05) is 12.1 Å².